The molecule has 0 unspecified atom stereocenters. The molecule has 1 heterocycles. The van der Waals surface area contributed by atoms with Gasteiger partial charge in [-0.05, 0) is 30.2 Å². The van der Waals surface area contributed by atoms with Crippen molar-refractivity contribution in [3.05, 3.63) is 72.1 Å². The molecule has 0 spiro atoms. The van der Waals surface area contributed by atoms with E-state index in [1.807, 2.05) is 36.7 Å². The van der Waals surface area contributed by atoms with Gasteiger partial charge in [-0.2, -0.15) is 0 Å². The minimum atomic E-state index is 0.757. The van der Waals surface area contributed by atoms with Crippen molar-refractivity contribution in [1.82, 2.24) is 9.55 Å². The summed E-state index contributed by atoms with van der Waals surface area (Å²) in [4.78, 5) is 4.46. The zero-order valence-electron chi connectivity index (χ0n) is 11.5. The fourth-order valence-corrected chi connectivity index (χ4v) is 2.35. The molecular weight excluding hydrogens is 246 g/mol. The molecule has 2 N–H and O–H groups in total. The molecule has 3 nitrogen and oxygen atoms in total. The summed E-state index contributed by atoms with van der Waals surface area (Å²) in [6, 6.07) is 16.2. The lowest BCUT2D eigenvalue weighted by molar-refractivity contribution is 0.802. The predicted octanol–water partition coefficient (Wildman–Crippen LogP) is 3.49. The number of hydrogen-bond acceptors (Lipinski definition) is 2. The Balaban J connectivity index is 1.97. The van der Waals surface area contributed by atoms with E-state index in [0.29, 0.717) is 0 Å². The highest BCUT2D eigenvalue weighted by Gasteiger charge is 2.07. The highest BCUT2D eigenvalue weighted by molar-refractivity contribution is 5.61. The summed E-state index contributed by atoms with van der Waals surface area (Å²) in [7, 11) is 0. The summed E-state index contributed by atoms with van der Waals surface area (Å²) in [5, 5.41) is 0. The third kappa shape index (κ3) is 2.43. The summed E-state index contributed by atoms with van der Waals surface area (Å²) in [5.41, 5.74) is 10.2. The minimum absolute atomic E-state index is 0.757. The largest absolute Gasteiger partial charge is 0.399 e. The Morgan fingerprint density at radius 1 is 1.10 bits per heavy atom. The minimum Gasteiger partial charge on any atom is -0.399 e. The Morgan fingerprint density at radius 2 is 1.95 bits per heavy atom. The molecule has 0 amide bonds. The van der Waals surface area contributed by atoms with Gasteiger partial charge in [-0.15, -0.1) is 0 Å². The molecule has 0 fully saturated rings. The van der Waals surface area contributed by atoms with Crippen LogP contribution in [0.15, 0.2) is 60.9 Å². The topological polar surface area (TPSA) is 43.8 Å². The zero-order chi connectivity index (χ0) is 13.9. The number of benzene rings is 2. The van der Waals surface area contributed by atoms with E-state index in [2.05, 4.69) is 40.7 Å². The van der Waals surface area contributed by atoms with E-state index in [1.54, 1.807) is 0 Å². The fourth-order valence-electron chi connectivity index (χ4n) is 2.35. The molecule has 3 heteroatoms. The van der Waals surface area contributed by atoms with E-state index in [0.717, 1.165) is 23.6 Å². The summed E-state index contributed by atoms with van der Waals surface area (Å²) in [5.74, 6) is 0.945. The molecule has 0 aliphatic heterocycles. The molecule has 0 saturated heterocycles. The molecule has 20 heavy (non-hydrogen) atoms. The van der Waals surface area contributed by atoms with Crippen LogP contribution >= 0.6 is 0 Å². The van der Waals surface area contributed by atoms with Crippen molar-refractivity contribution in [3.8, 4) is 11.4 Å². The van der Waals surface area contributed by atoms with E-state index in [9.17, 15) is 0 Å². The van der Waals surface area contributed by atoms with Gasteiger partial charge in [0.25, 0.3) is 0 Å². The quantitative estimate of drug-likeness (QED) is 0.735. The molecule has 3 aromatic rings. The second kappa shape index (κ2) is 5.21. The monoisotopic (exact) mass is 263 g/mol. The fraction of sp³-hybridized carbons (Fsp3) is 0.118. The maximum absolute atomic E-state index is 5.85. The average Bonchev–Trinajstić information content (AvgIpc) is 2.90. The van der Waals surface area contributed by atoms with Crippen molar-refractivity contribution in [2.75, 3.05) is 5.73 Å². The molecule has 0 bridgehead atoms. The van der Waals surface area contributed by atoms with Crippen LogP contribution < -0.4 is 5.73 Å². The van der Waals surface area contributed by atoms with Gasteiger partial charge in [0, 0.05) is 30.2 Å². The Hall–Kier alpha value is -2.55. The lowest BCUT2D eigenvalue weighted by atomic mass is 10.1. The first-order valence-corrected chi connectivity index (χ1v) is 6.65. The van der Waals surface area contributed by atoms with E-state index in [1.165, 1.54) is 11.1 Å². The highest BCUT2D eigenvalue weighted by Crippen LogP contribution is 2.21. The van der Waals surface area contributed by atoms with Crippen LogP contribution in [-0.2, 0) is 6.54 Å². The molecule has 0 aliphatic carbocycles. The molecule has 3 rings (SSSR count). The second-order valence-electron chi connectivity index (χ2n) is 4.93. The van der Waals surface area contributed by atoms with Crippen molar-refractivity contribution in [2.45, 2.75) is 13.5 Å². The average molecular weight is 263 g/mol. The third-order valence-electron chi connectivity index (χ3n) is 3.46. The van der Waals surface area contributed by atoms with E-state index in [4.69, 9.17) is 5.73 Å². The van der Waals surface area contributed by atoms with Crippen LogP contribution in [0.1, 0.15) is 11.1 Å². The predicted molar refractivity (Wildman–Crippen MR) is 82.4 cm³/mol. The number of nitrogens with zero attached hydrogens (tertiary/aromatic N) is 2. The number of hydrogen-bond donors (Lipinski definition) is 1. The van der Waals surface area contributed by atoms with Crippen LogP contribution in [-0.4, -0.2) is 9.55 Å². The maximum Gasteiger partial charge on any atom is 0.140 e. The van der Waals surface area contributed by atoms with Crippen LogP contribution in [0.4, 0.5) is 5.69 Å². The summed E-state index contributed by atoms with van der Waals surface area (Å²) in [6.07, 6.45) is 3.84. The van der Waals surface area contributed by atoms with Gasteiger partial charge in [-0.25, -0.2) is 4.98 Å². The number of aromatic nitrogens is 2. The Kier molecular flexibility index (Phi) is 3.25. The lowest BCUT2D eigenvalue weighted by Gasteiger charge is -2.10. The van der Waals surface area contributed by atoms with Gasteiger partial charge in [0.2, 0.25) is 0 Å². The van der Waals surface area contributed by atoms with Gasteiger partial charge in [0.1, 0.15) is 5.82 Å². The molecule has 100 valence electrons. The summed E-state index contributed by atoms with van der Waals surface area (Å²) < 4.78 is 2.15. The number of nitrogen functional groups attached to an aromatic ring is 1. The summed E-state index contributed by atoms with van der Waals surface area (Å²) >= 11 is 0. The first kappa shape index (κ1) is 12.5. The van der Waals surface area contributed by atoms with Crippen molar-refractivity contribution < 1.29 is 0 Å². The van der Waals surface area contributed by atoms with Crippen molar-refractivity contribution >= 4 is 5.69 Å². The molecule has 0 aliphatic rings. The molecule has 0 saturated carbocycles. The SMILES string of the molecule is Cc1ccccc1Cn1ccnc1-c1cccc(N)c1. The van der Waals surface area contributed by atoms with Crippen LogP contribution in [0.25, 0.3) is 11.4 Å². The van der Waals surface area contributed by atoms with Crippen molar-refractivity contribution in [3.63, 3.8) is 0 Å². The maximum atomic E-state index is 5.85. The number of aryl methyl sites for hydroxylation is 1. The van der Waals surface area contributed by atoms with Crippen molar-refractivity contribution in [1.29, 1.82) is 0 Å². The third-order valence-corrected chi connectivity index (χ3v) is 3.46. The first-order chi connectivity index (χ1) is 9.74. The summed E-state index contributed by atoms with van der Waals surface area (Å²) in [6.45, 7) is 2.95. The molecular formula is C17H17N3. The molecule has 0 atom stereocenters. The van der Waals surface area contributed by atoms with Gasteiger partial charge in [0.05, 0.1) is 0 Å². The standard InChI is InChI=1S/C17H17N3/c1-13-5-2-3-6-15(13)12-20-10-9-19-17(20)14-7-4-8-16(18)11-14/h2-11H,12,18H2,1H3. The van der Waals surface area contributed by atoms with Gasteiger partial charge < -0.3 is 10.3 Å². The molecule has 0 radical (unpaired) electrons. The first-order valence-electron chi connectivity index (χ1n) is 6.65. The number of imidazole rings is 1. The molecule has 2 aromatic carbocycles. The second-order valence-corrected chi connectivity index (χ2v) is 4.93. The van der Waals surface area contributed by atoms with E-state index >= 15 is 0 Å². The zero-order valence-corrected chi connectivity index (χ0v) is 11.5. The Labute approximate surface area is 118 Å². The van der Waals surface area contributed by atoms with Crippen LogP contribution in [0, 0.1) is 6.92 Å². The number of anilines is 1. The van der Waals surface area contributed by atoms with Gasteiger partial charge in [-0.3, -0.25) is 0 Å². The van der Waals surface area contributed by atoms with Gasteiger partial charge in [0.15, 0.2) is 0 Å². The van der Waals surface area contributed by atoms with E-state index in [-0.39, 0.29) is 0 Å². The Bertz CT molecular complexity index is 728. The number of rotatable bonds is 3. The normalized spacial score (nSPS) is 10.7. The van der Waals surface area contributed by atoms with E-state index < -0.39 is 0 Å². The van der Waals surface area contributed by atoms with Gasteiger partial charge in [-0.1, -0.05) is 36.4 Å². The van der Waals surface area contributed by atoms with Crippen LogP contribution in [0.5, 0.6) is 0 Å². The smallest absolute Gasteiger partial charge is 0.140 e. The molecule has 1 aromatic heterocycles. The number of nitrogens with two attached hydrogens (primary N) is 1. The van der Waals surface area contributed by atoms with Crippen LogP contribution in [0.2, 0.25) is 0 Å². The highest BCUT2D eigenvalue weighted by atomic mass is 15.1. The van der Waals surface area contributed by atoms with Gasteiger partial charge >= 0.3 is 0 Å². The lowest BCUT2D eigenvalue weighted by Crippen LogP contribution is -2.02. The van der Waals surface area contributed by atoms with Crippen LogP contribution in [0.3, 0.4) is 0 Å². The van der Waals surface area contributed by atoms with Crippen molar-refractivity contribution in [2.24, 2.45) is 0 Å². The Morgan fingerprint density at radius 3 is 2.75 bits per heavy atom.